The summed E-state index contributed by atoms with van der Waals surface area (Å²) in [6.07, 6.45) is 2.53. The number of nitrogens with zero attached hydrogens (tertiary/aromatic N) is 2. The van der Waals surface area contributed by atoms with Crippen molar-refractivity contribution in [1.29, 1.82) is 0 Å². The van der Waals surface area contributed by atoms with Crippen LogP contribution in [-0.4, -0.2) is 35.6 Å². The van der Waals surface area contributed by atoms with Crippen LogP contribution in [0.5, 0.6) is 0 Å². The van der Waals surface area contributed by atoms with Gasteiger partial charge in [-0.1, -0.05) is 19.1 Å². The molecule has 0 saturated carbocycles. The number of aromatic nitrogens is 1. The van der Waals surface area contributed by atoms with Gasteiger partial charge in [-0.05, 0) is 63.2 Å². The van der Waals surface area contributed by atoms with E-state index in [-0.39, 0.29) is 0 Å². The highest BCUT2D eigenvalue weighted by Gasteiger charge is 2.18. The number of nitrogens with one attached hydrogen (secondary N) is 1. The molecule has 3 rings (SSSR count). The van der Waals surface area contributed by atoms with E-state index in [4.69, 9.17) is 0 Å². The summed E-state index contributed by atoms with van der Waals surface area (Å²) in [5, 5.41) is 4.81. The van der Waals surface area contributed by atoms with Gasteiger partial charge in [0.15, 0.2) is 0 Å². The van der Waals surface area contributed by atoms with Crippen molar-refractivity contribution in [3.63, 3.8) is 0 Å². The van der Waals surface area contributed by atoms with E-state index in [9.17, 15) is 0 Å². The van der Waals surface area contributed by atoms with Gasteiger partial charge in [0.1, 0.15) is 0 Å². The lowest BCUT2D eigenvalue weighted by molar-refractivity contribution is 0.192. The van der Waals surface area contributed by atoms with Crippen molar-refractivity contribution in [2.75, 3.05) is 19.6 Å². The van der Waals surface area contributed by atoms with Gasteiger partial charge in [0.05, 0.1) is 5.52 Å². The predicted octanol–water partition coefficient (Wildman–Crippen LogP) is 3.12. The van der Waals surface area contributed by atoms with Gasteiger partial charge in [0.25, 0.3) is 0 Å². The quantitative estimate of drug-likeness (QED) is 0.934. The summed E-state index contributed by atoms with van der Waals surface area (Å²) in [6, 6.07) is 11.7. The van der Waals surface area contributed by atoms with Crippen molar-refractivity contribution in [3.05, 3.63) is 41.6 Å². The fraction of sp³-hybridized carbons (Fsp3) is 0.500. The maximum atomic E-state index is 4.57. The second-order valence-electron chi connectivity index (χ2n) is 6.09. The third-order valence-corrected chi connectivity index (χ3v) is 4.38. The normalized spacial score (nSPS) is 17.4. The van der Waals surface area contributed by atoms with E-state index in [1.165, 1.54) is 36.9 Å². The molecule has 0 bridgehead atoms. The van der Waals surface area contributed by atoms with E-state index in [2.05, 4.69) is 52.5 Å². The number of hydrogen-bond donors (Lipinski definition) is 1. The molecule has 0 atom stereocenters. The number of likely N-dealkylation sites (tertiary alicyclic amines) is 1. The minimum atomic E-state index is 0.718. The van der Waals surface area contributed by atoms with E-state index in [1.807, 2.05) is 6.92 Å². The minimum absolute atomic E-state index is 0.718. The Bertz CT molecular complexity index is 600. The van der Waals surface area contributed by atoms with E-state index in [0.717, 1.165) is 30.3 Å². The smallest absolute Gasteiger partial charge is 0.0705 e. The maximum Gasteiger partial charge on any atom is 0.0705 e. The zero-order chi connectivity index (χ0) is 14.7. The van der Waals surface area contributed by atoms with Gasteiger partial charge in [0.2, 0.25) is 0 Å². The second kappa shape index (κ2) is 6.54. The van der Waals surface area contributed by atoms with E-state index in [1.54, 1.807) is 0 Å². The molecule has 1 N–H and O–H groups in total. The fourth-order valence-electron chi connectivity index (χ4n) is 3.22. The lowest BCUT2D eigenvalue weighted by Crippen LogP contribution is -2.42. The van der Waals surface area contributed by atoms with Crippen molar-refractivity contribution in [3.8, 4) is 0 Å². The van der Waals surface area contributed by atoms with Crippen LogP contribution in [0.1, 0.15) is 31.0 Å². The topological polar surface area (TPSA) is 28.2 Å². The summed E-state index contributed by atoms with van der Waals surface area (Å²) in [5.41, 5.74) is 3.58. The molecule has 21 heavy (non-hydrogen) atoms. The minimum Gasteiger partial charge on any atom is -0.314 e. The summed E-state index contributed by atoms with van der Waals surface area (Å²) in [5.74, 6) is 0. The van der Waals surface area contributed by atoms with Gasteiger partial charge in [-0.25, -0.2) is 0 Å². The molecular weight excluding hydrogens is 258 g/mol. The summed E-state index contributed by atoms with van der Waals surface area (Å²) < 4.78 is 0. The Morgan fingerprint density at radius 2 is 2.00 bits per heavy atom. The highest BCUT2D eigenvalue weighted by molar-refractivity contribution is 5.79. The Balaban J connectivity index is 1.64. The maximum absolute atomic E-state index is 4.57. The van der Waals surface area contributed by atoms with Crippen LogP contribution in [0.3, 0.4) is 0 Å². The van der Waals surface area contributed by atoms with Crippen LogP contribution >= 0.6 is 0 Å². The van der Waals surface area contributed by atoms with Gasteiger partial charge in [-0.2, -0.15) is 0 Å². The third-order valence-electron chi connectivity index (χ3n) is 4.38. The molecule has 0 amide bonds. The Morgan fingerprint density at radius 1 is 1.19 bits per heavy atom. The number of benzene rings is 1. The Labute approximate surface area is 127 Å². The Kier molecular flexibility index (Phi) is 4.51. The molecule has 2 aromatic rings. The molecule has 0 spiro atoms. The molecule has 0 radical (unpaired) electrons. The molecule has 1 aliphatic rings. The molecule has 1 aromatic carbocycles. The largest absolute Gasteiger partial charge is 0.314 e. The zero-order valence-electron chi connectivity index (χ0n) is 13.1. The third kappa shape index (κ3) is 3.60. The highest BCUT2D eigenvalue weighted by Crippen LogP contribution is 2.18. The number of aryl methyl sites for hydroxylation is 1. The van der Waals surface area contributed by atoms with Crippen LogP contribution in [-0.2, 0) is 6.54 Å². The fourth-order valence-corrected chi connectivity index (χ4v) is 3.22. The summed E-state index contributed by atoms with van der Waals surface area (Å²) >= 11 is 0. The monoisotopic (exact) mass is 283 g/mol. The van der Waals surface area contributed by atoms with Crippen LogP contribution in [0.2, 0.25) is 0 Å². The SMILES string of the molecule is CCNC1CCN(Cc2ccc3nc(C)ccc3c2)CC1. The highest BCUT2D eigenvalue weighted by atomic mass is 15.1. The second-order valence-corrected chi connectivity index (χ2v) is 6.09. The number of hydrogen-bond acceptors (Lipinski definition) is 3. The average Bonchev–Trinajstić information content (AvgIpc) is 2.50. The van der Waals surface area contributed by atoms with Crippen LogP contribution < -0.4 is 5.32 Å². The van der Waals surface area contributed by atoms with Crippen LogP contribution in [0, 0.1) is 6.92 Å². The molecule has 0 unspecified atom stereocenters. The van der Waals surface area contributed by atoms with Crippen molar-refractivity contribution >= 4 is 10.9 Å². The zero-order valence-corrected chi connectivity index (χ0v) is 13.1. The summed E-state index contributed by atoms with van der Waals surface area (Å²) in [6.45, 7) is 8.77. The molecule has 1 aromatic heterocycles. The molecule has 0 aliphatic carbocycles. The van der Waals surface area contributed by atoms with Gasteiger partial charge in [-0.15, -0.1) is 0 Å². The van der Waals surface area contributed by atoms with E-state index >= 15 is 0 Å². The number of rotatable bonds is 4. The number of pyridine rings is 1. The molecular formula is C18H25N3. The molecule has 3 nitrogen and oxygen atoms in total. The van der Waals surface area contributed by atoms with Gasteiger partial charge >= 0.3 is 0 Å². The first-order valence-corrected chi connectivity index (χ1v) is 8.06. The summed E-state index contributed by atoms with van der Waals surface area (Å²) in [4.78, 5) is 7.14. The van der Waals surface area contributed by atoms with Crippen molar-refractivity contribution < 1.29 is 0 Å². The lowest BCUT2D eigenvalue weighted by atomic mass is 10.0. The van der Waals surface area contributed by atoms with E-state index in [0.29, 0.717) is 0 Å². The first kappa shape index (κ1) is 14.5. The van der Waals surface area contributed by atoms with Crippen LogP contribution in [0.15, 0.2) is 30.3 Å². The van der Waals surface area contributed by atoms with Crippen molar-refractivity contribution in [1.82, 2.24) is 15.2 Å². The molecule has 112 valence electrons. The molecule has 1 fully saturated rings. The molecule has 3 heteroatoms. The van der Waals surface area contributed by atoms with Crippen LogP contribution in [0.25, 0.3) is 10.9 Å². The van der Waals surface area contributed by atoms with E-state index < -0.39 is 0 Å². The lowest BCUT2D eigenvalue weighted by Gasteiger charge is -2.32. The average molecular weight is 283 g/mol. The molecule has 1 saturated heterocycles. The predicted molar refractivity (Wildman–Crippen MR) is 88.5 cm³/mol. The molecule has 1 aliphatic heterocycles. The van der Waals surface area contributed by atoms with Gasteiger partial charge in [-0.3, -0.25) is 9.88 Å². The van der Waals surface area contributed by atoms with Gasteiger partial charge < -0.3 is 5.32 Å². The number of fused-ring (bicyclic) bond motifs is 1. The first-order valence-electron chi connectivity index (χ1n) is 8.06. The van der Waals surface area contributed by atoms with Crippen molar-refractivity contribution in [2.45, 2.75) is 39.3 Å². The summed E-state index contributed by atoms with van der Waals surface area (Å²) in [7, 11) is 0. The van der Waals surface area contributed by atoms with Crippen LogP contribution in [0.4, 0.5) is 0 Å². The Hall–Kier alpha value is -1.45. The standard InChI is InChI=1S/C18H25N3/c1-3-19-17-8-10-21(11-9-17)13-15-5-7-18-16(12-15)6-4-14(2)20-18/h4-7,12,17,19H,3,8-11,13H2,1-2H3. The number of piperidine rings is 1. The first-order chi connectivity index (χ1) is 10.2. The van der Waals surface area contributed by atoms with Crippen molar-refractivity contribution in [2.24, 2.45) is 0 Å². The Morgan fingerprint density at radius 3 is 2.76 bits per heavy atom. The molecule has 2 heterocycles. The van der Waals surface area contributed by atoms with Gasteiger partial charge in [0, 0.05) is 23.7 Å².